The summed E-state index contributed by atoms with van der Waals surface area (Å²) in [7, 11) is 0. The maximum atomic E-state index is 0. The SMILES string of the molecule is S.[AsH3].[LiH].[SnH2]. The molecule has 0 aromatic carbocycles. The number of hydrogen-bond acceptors (Lipinski definition) is 0. The van der Waals surface area contributed by atoms with E-state index in [4.69, 9.17) is 0 Å². The van der Waals surface area contributed by atoms with E-state index < -0.39 is 0 Å². The molecule has 4 heavy (non-hydrogen) atoms. The van der Waals surface area contributed by atoms with Crippen molar-refractivity contribution in [3.63, 3.8) is 0 Å². The van der Waals surface area contributed by atoms with Gasteiger partial charge in [-0.1, -0.05) is 0 Å². The second kappa shape index (κ2) is 18.5. The van der Waals surface area contributed by atoms with Gasteiger partial charge in [0.1, 0.15) is 0 Å². The molecule has 1 unspecified atom stereocenters. The summed E-state index contributed by atoms with van der Waals surface area (Å²) in [4.78, 5) is 0. The molecule has 0 bridgehead atoms. The van der Waals surface area contributed by atoms with E-state index in [2.05, 4.69) is 0 Å². The summed E-state index contributed by atoms with van der Waals surface area (Å²) >= 11 is 0. The Morgan fingerprint density at radius 2 is 1.00 bits per heavy atom. The van der Waals surface area contributed by atoms with Gasteiger partial charge in [0.2, 0.25) is 0 Å². The van der Waals surface area contributed by atoms with Gasteiger partial charge < -0.3 is 0 Å². The molecule has 0 heterocycles. The van der Waals surface area contributed by atoms with E-state index in [1.54, 1.807) is 0 Å². The molecule has 0 saturated heterocycles. The molecule has 0 amide bonds. The van der Waals surface area contributed by atoms with Crippen LogP contribution in [-0.2, 0) is 0 Å². The van der Waals surface area contributed by atoms with Crippen molar-refractivity contribution >= 4 is 74.2 Å². The zero-order valence-electron chi connectivity index (χ0n) is 1.91. The van der Waals surface area contributed by atoms with Crippen molar-refractivity contribution < 1.29 is 0 Å². The third-order valence-electron chi connectivity index (χ3n) is 0. The van der Waals surface area contributed by atoms with Gasteiger partial charge in [-0.25, -0.2) is 0 Å². The molecular weight excluding hydrogens is 233 g/mol. The molecule has 0 aliphatic carbocycles. The average molecular weight is 241 g/mol. The fraction of sp³-hybridized carbons (Fsp3) is 0. The molecule has 1 atom stereocenters. The van der Waals surface area contributed by atoms with Crippen molar-refractivity contribution in [1.29, 1.82) is 0 Å². The molecule has 0 aromatic rings. The van der Waals surface area contributed by atoms with Gasteiger partial charge >= 0.3 is 60.7 Å². The van der Waals surface area contributed by atoms with Crippen molar-refractivity contribution in [2.24, 2.45) is 0 Å². The first-order valence-electron chi connectivity index (χ1n) is 0. The summed E-state index contributed by atoms with van der Waals surface area (Å²) in [5, 5.41) is 0. The van der Waals surface area contributed by atoms with Gasteiger partial charge in [-0.3, -0.25) is 0 Å². The second-order valence-electron chi connectivity index (χ2n) is 0. The Labute approximate surface area is 73.4 Å². The quantitative estimate of drug-likeness (QED) is 0.407. The van der Waals surface area contributed by atoms with Gasteiger partial charge in [0, 0.05) is 0 Å². The van der Waals surface area contributed by atoms with Gasteiger partial charge in [0.15, 0.2) is 0 Å². The summed E-state index contributed by atoms with van der Waals surface area (Å²) < 4.78 is 0. The minimum atomic E-state index is 0. The van der Waals surface area contributed by atoms with E-state index in [0.29, 0.717) is 0 Å². The van der Waals surface area contributed by atoms with Crippen molar-refractivity contribution in [2.75, 3.05) is 0 Å². The summed E-state index contributed by atoms with van der Waals surface area (Å²) in [6.07, 6.45) is 0. The average Bonchev–Trinajstić information content (AvgIpc) is 0. The van der Waals surface area contributed by atoms with Crippen LogP contribution in [-0.4, -0.2) is 60.7 Å². The molecule has 0 aromatic heterocycles. The van der Waals surface area contributed by atoms with Crippen molar-refractivity contribution in [3.8, 4) is 0 Å². The Morgan fingerprint density at radius 3 is 1.00 bits per heavy atom. The van der Waals surface area contributed by atoms with E-state index in [9.17, 15) is 0 Å². The number of rotatable bonds is 0. The molecule has 0 N–H and O–H groups in total. The number of hydrogen-bond donors (Lipinski definition) is 0. The van der Waals surface area contributed by atoms with Crippen LogP contribution >= 0.6 is 13.5 Å². The Morgan fingerprint density at radius 1 is 1.00 bits per heavy atom. The molecule has 0 rings (SSSR count). The molecular formula is H8AsLiSSn. The molecule has 0 aliphatic heterocycles. The maximum absolute atomic E-state index is 0. The Hall–Kier alpha value is 2.30. The molecule has 24 valence electrons. The third kappa shape index (κ3) is 8.85. The van der Waals surface area contributed by atoms with Crippen LogP contribution in [0.1, 0.15) is 0 Å². The van der Waals surface area contributed by atoms with Crippen molar-refractivity contribution in [3.05, 3.63) is 0 Å². The zero-order chi connectivity index (χ0) is 0. The second-order valence-corrected chi connectivity index (χ2v) is 0. The molecule has 0 spiro atoms. The Kier molecular flexibility index (Phi) is 155. The van der Waals surface area contributed by atoms with Crippen LogP contribution in [0.3, 0.4) is 0 Å². The van der Waals surface area contributed by atoms with E-state index in [1.165, 1.54) is 0 Å². The summed E-state index contributed by atoms with van der Waals surface area (Å²) in [6.45, 7) is 0. The fourth-order valence-corrected chi connectivity index (χ4v) is 0. The molecule has 2 radical (unpaired) electrons. The van der Waals surface area contributed by atoms with Crippen LogP contribution < -0.4 is 0 Å². The Bertz CT molecular complexity index is 8.00. The minimum absolute atomic E-state index is 0. The summed E-state index contributed by atoms with van der Waals surface area (Å²) in [5.74, 6) is 0. The molecule has 0 fully saturated rings. The predicted octanol–water partition coefficient (Wildman–Crippen LogP) is -2.64. The van der Waals surface area contributed by atoms with E-state index in [0.717, 1.165) is 0 Å². The van der Waals surface area contributed by atoms with Gasteiger partial charge in [-0.05, 0) is 0 Å². The molecule has 0 saturated carbocycles. The first-order chi connectivity index (χ1) is 0. The fourth-order valence-electron chi connectivity index (χ4n) is 0. The van der Waals surface area contributed by atoms with Gasteiger partial charge in [-0.15, -0.1) is 0 Å². The molecule has 0 nitrogen and oxygen atoms in total. The van der Waals surface area contributed by atoms with Crippen LogP contribution in [0, 0.1) is 0 Å². The van der Waals surface area contributed by atoms with E-state index in [1.807, 2.05) is 0 Å². The monoisotopic (exact) mass is 242 g/mol. The van der Waals surface area contributed by atoms with Gasteiger partial charge in [0.05, 0.1) is 0 Å². The van der Waals surface area contributed by atoms with E-state index >= 15 is 0 Å². The van der Waals surface area contributed by atoms with Crippen molar-refractivity contribution in [2.45, 2.75) is 0 Å². The third-order valence-corrected chi connectivity index (χ3v) is 0. The normalized spacial score (nSPS) is 0. The van der Waals surface area contributed by atoms with Crippen molar-refractivity contribution in [1.82, 2.24) is 0 Å². The van der Waals surface area contributed by atoms with Crippen LogP contribution in [0.2, 0.25) is 0 Å². The van der Waals surface area contributed by atoms with Crippen LogP contribution in [0.25, 0.3) is 0 Å². The van der Waals surface area contributed by atoms with Gasteiger partial charge in [0.25, 0.3) is 0 Å². The summed E-state index contributed by atoms with van der Waals surface area (Å²) in [6, 6.07) is 0. The van der Waals surface area contributed by atoms with Crippen LogP contribution in [0.5, 0.6) is 0 Å². The first-order valence-corrected chi connectivity index (χ1v) is 0. The summed E-state index contributed by atoms with van der Waals surface area (Å²) in [5.41, 5.74) is 0. The first kappa shape index (κ1) is 33.4. The van der Waals surface area contributed by atoms with Crippen LogP contribution in [0.15, 0.2) is 0 Å². The standard InChI is InChI=1S/AsH3.Li.H2S.Sn.3H/h1H3;;1H2;;;;. The van der Waals surface area contributed by atoms with E-state index in [-0.39, 0.29) is 74.2 Å². The molecule has 4 heteroatoms. The predicted molar refractivity (Wildman–Crippen MR) is 36.0 cm³/mol. The van der Waals surface area contributed by atoms with Gasteiger partial charge in [-0.2, -0.15) is 13.5 Å². The topological polar surface area (TPSA) is 0 Å². The van der Waals surface area contributed by atoms with Crippen LogP contribution in [0.4, 0.5) is 0 Å². The zero-order valence-corrected chi connectivity index (χ0v) is 9.92. The molecule has 0 aliphatic rings. The Balaban J connectivity index is 0.